The average molecular weight is 352 g/mol. The Morgan fingerprint density at radius 3 is 2.77 bits per heavy atom. The lowest BCUT2D eigenvalue weighted by molar-refractivity contribution is -0.121. The van der Waals surface area contributed by atoms with Gasteiger partial charge in [0.15, 0.2) is 5.78 Å². The number of carbonyl (C=O) groups is 1. The van der Waals surface area contributed by atoms with Crippen molar-refractivity contribution in [1.82, 2.24) is 9.97 Å². The van der Waals surface area contributed by atoms with Crippen LogP contribution >= 0.6 is 0 Å². The van der Waals surface area contributed by atoms with E-state index < -0.39 is 5.41 Å². The van der Waals surface area contributed by atoms with Gasteiger partial charge in [0, 0.05) is 30.0 Å². The maximum atomic E-state index is 12.5. The summed E-state index contributed by atoms with van der Waals surface area (Å²) in [5, 5.41) is 9.45. The molecule has 1 aromatic rings. The first-order valence-corrected chi connectivity index (χ1v) is 9.33. The van der Waals surface area contributed by atoms with E-state index in [2.05, 4.69) is 17.9 Å². The van der Waals surface area contributed by atoms with Gasteiger partial charge in [0.1, 0.15) is 17.7 Å². The predicted molar refractivity (Wildman–Crippen MR) is 96.8 cm³/mol. The highest BCUT2D eigenvalue weighted by Gasteiger charge is 2.49. The van der Waals surface area contributed by atoms with Crippen LogP contribution in [0.25, 0.3) is 0 Å². The lowest BCUT2D eigenvalue weighted by Crippen LogP contribution is -2.47. The number of nitrogens with zero attached hydrogens (tertiary/aromatic N) is 4. The monoisotopic (exact) mass is 352 g/mol. The highest BCUT2D eigenvalue weighted by atomic mass is 16.5. The molecule has 1 aromatic heterocycles. The summed E-state index contributed by atoms with van der Waals surface area (Å²) in [5.41, 5.74) is 2.04. The molecule has 1 fully saturated rings. The van der Waals surface area contributed by atoms with E-state index in [0.29, 0.717) is 13.2 Å². The van der Waals surface area contributed by atoms with E-state index in [1.54, 1.807) is 0 Å². The van der Waals surface area contributed by atoms with Crippen molar-refractivity contribution in [1.29, 1.82) is 5.26 Å². The van der Waals surface area contributed by atoms with Crippen LogP contribution in [0.15, 0.2) is 11.6 Å². The number of anilines is 1. The van der Waals surface area contributed by atoms with E-state index in [1.165, 1.54) is 5.56 Å². The number of aromatic nitrogens is 2. The Hall–Kier alpha value is -2.26. The van der Waals surface area contributed by atoms with Crippen molar-refractivity contribution < 1.29 is 9.53 Å². The minimum Gasteiger partial charge on any atom is -0.378 e. The molecule has 26 heavy (non-hydrogen) atoms. The molecule has 1 saturated heterocycles. The van der Waals surface area contributed by atoms with Crippen LogP contribution in [-0.4, -0.2) is 42.1 Å². The van der Waals surface area contributed by atoms with E-state index in [1.807, 2.05) is 19.9 Å². The molecule has 0 spiro atoms. The maximum Gasteiger partial charge on any atom is 0.176 e. The van der Waals surface area contributed by atoms with Gasteiger partial charge < -0.3 is 9.64 Å². The van der Waals surface area contributed by atoms with Crippen LogP contribution in [0.5, 0.6) is 0 Å². The van der Waals surface area contributed by atoms with E-state index in [-0.39, 0.29) is 23.2 Å². The quantitative estimate of drug-likeness (QED) is 0.770. The number of morpholine rings is 1. The molecule has 4 rings (SSSR count). The number of carbonyl (C=O) groups excluding carboxylic acids is 1. The highest BCUT2D eigenvalue weighted by Crippen LogP contribution is 2.50. The number of rotatable bonds is 1. The number of Topliss-reactive ketones (excluding diaryl/α,β-unsaturated/α-hetero) is 1. The molecule has 0 bridgehead atoms. The Morgan fingerprint density at radius 1 is 1.35 bits per heavy atom. The zero-order valence-corrected chi connectivity index (χ0v) is 15.6. The summed E-state index contributed by atoms with van der Waals surface area (Å²) in [7, 11) is 0. The molecular formula is C20H24N4O2. The largest absolute Gasteiger partial charge is 0.378 e. The summed E-state index contributed by atoms with van der Waals surface area (Å²) in [6.45, 7) is 9.09. The average Bonchev–Trinajstić information content (AvgIpc) is 2.65. The smallest absolute Gasteiger partial charge is 0.176 e. The standard InChI is InChI=1S/C20H24N4O2/c1-12-16-5-4-15-18(20(16,3)10-14(11-21)17(12)25)22-13(2)23-19(15)24-6-8-26-9-7-24/h10,12,16H,4-9H2,1-3H3/t12-,16-,20-/m0/s1. The van der Waals surface area contributed by atoms with Crippen molar-refractivity contribution in [2.45, 2.75) is 39.0 Å². The van der Waals surface area contributed by atoms with Gasteiger partial charge in [-0.15, -0.1) is 0 Å². The highest BCUT2D eigenvalue weighted by molar-refractivity contribution is 6.02. The fourth-order valence-electron chi connectivity index (χ4n) is 4.90. The third-order valence-electron chi connectivity index (χ3n) is 6.24. The van der Waals surface area contributed by atoms with Crippen LogP contribution in [0, 0.1) is 30.1 Å². The second-order valence-corrected chi connectivity index (χ2v) is 7.77. The molecule has 6 heteroatoms. The molecule has 0 unspecified atom stereocenters. The molecule has 0 aromatic carbocycles. The molecule has 3 aliphatic rings. The second kappa shape index (κ2) is 6.17. The Bertz CT molecular complexity index is 835. The predicted octanol–water partition coefficient (Wildman–Crippen LogP) is 2.11. The normalized spacial score (nSPS) is 30.9. The van der Waals surface area contributed by atoms with Gasteiger partial charge in [-0.05, 0) is 25.7 Å². The Balaban J connectivity index is 1.89. The van der Waals surface area contributed by atoms with Crippen LogP contribution in [0.3, 0.4) is 0 Å². The Morgan fingerprint density at radius 2 is 2.08 bits per heavy atom. The Labute approximate surface area is 153 Å². The van der Waals surface area contributed by atoms with Crippen molar-refractivity contribution in [3.63, 3.8) is 0 Å². The Kier molecular flexibility index (Phi) is 4.07. The number of allylic oxidation sites excluding steroid dienone is 2. The van der Waals surface area contributed by atoms with Crippen molar-refractivity contribution >= 4 is 11.6 Å². The minimum absolute atomic E-state index is 0.0300. The van der Waals surface area contributed by atoms with E-state index in [4.69, 9.17) is 14.7 Å². The molecule has 0 N–H and O–H groups in total. The van der Waals surface area contributed by atoms with Crippen LogP contribution in [0.4, 0.5) is 5.82 Å². The first-order chi connectivity index (χ1) is 12.5. The van der Waals surface area contributed by atoms with Gasteiger partial charge in [-0.3, -0.25) is 4.79 Å². The summed E-state index contributed by atoms with van der Waals surface area (Å²) in [5.74, 6) is 1.73. The topological polar surface area (TPSA) is 79.1 Å². The summed E-state index contributed by atoms with van der Waals surface area (Å²) >= 11 is 0. The summed E-state index contributed by atoms with van der Waals surface area (Å²) in [4.78, 5) is 24.4. The third-order valence-corrected chi connectivity index (χ3v) is 6.24. The fraction of sp³-hybridized carbons (Fsp3) is 0.600. The lowest BCUT2D eigenvalue weighted by Gasteiger charge is -2.46. The zero-order valence-electron chi connectivity index (χ0n) is 15.6. The molecule has 3 atom stereocenters. The molecule has 0 amide bonds. The van der Waals surface area contributed by atoms with Crippen LogP contribution < -0.4 is 4.90 Å². The number of ketones is 1. The number of ether oxygens (including phenoxy) is 1. The molecule has 0 radical (unpaired) electrons. The molecule has 1 aliphatic heterocycles. The lowest BCUT2D eigenvalue weighted by atomic mass is 9.58. The van der Waals surface area contributed by atoms with Gasteiger partial charge >= 0.3 is 0 Å². The van der Waals surface area contributed by atoms with E-state index in [9.17, 15) is 10.1 Å². The van der Waals surface area contributed by atoms with Gasteiger partial charge in [-0.1, -0.05) is 19.9 Å². The SMILES string of the molecule is Cc1nc(N2CCOCC2)c2c(n1)[C@@]1(C)C=C(C#N)C(=O)[C@@H](C)[C@@H]1CC2. The number of fused-ring (bicyclic) bond motifs is 3. The summed E-state index contributed by atoms with van der Waals surface area (Å²) < 4.78 is 5.49. The molecule has 2 heterocycles. The number of aryl methyl sites for hydroxylation is 1. The molecule has 136 valence electrons. The van der Waals surface area contributed by atoms with Crippen molar-refractivity contribution in [2.75, 3.05) is 31.2 Å². The maximum absolute atomic E-state index is 12.5. The van der Waals surface area contributed by atoms with Crippen LogP contribution in [-0.2, 0) is 21.4 Å². The first-order valence-electron chi connectivity index (χ1n) is 9.33. The van der Waals surface area contributed by atoms with Gasteiger partial charge in [-0.25, -0.2) is 9.97 Å². The van der Waals surface area contributed by atoms with Crippen molar-refractivity contribution in [3.05, 3.63) is 28.7 Å². The first kappa shape index (κ1) is 17.2. The summed E-state index contributed by atoms with van der Waals surface area (Å²) in [6.07, 6.45) is 3.65. The molecule has 0 saturated carbocycles. The van der Waals surface area contributed by atoms with Gasteiger partial charge in [0.05, 0.1) is 24.5 Å². The number of hydrogen-bond donors (Lipinski definition) is 0. The van der Waals surface area contributed by atoms with E-state index in [0.717, 1.165) is 43.3 Å². The fourth-order valence-corrected chi connectivity index (χ4v) is 4.90. The minimum atomic E-state index is -0.402. The van der Waals surface area contributed by atoms with Gasteiger partial charge in [0.25, 0.3) is 0 Å². The van der Waals surface area contributed by atoms with Crippen LogP contribution in [0.1, 0.15) is 37.4 Å². The zero-order chi connectivity index (χ0) is 18.5. The van der Waals surface area contributed by atoms with Gasteiger partial charge in [-0.2, -0.15) is 5.26 Å². The van der Waals surface area contributed by atoms with E-state index >= 15 is 0 Å². The third kappa shape index (κ3) is 2.45. The molecule has 6 nitrogen and oxygen atoms in total. The van der Waals surface area contributed by atoms with Gasteiger partial charge in [0.2, 0.25) is 0 Å². The summed E-state index contributed by atoms with van der Waals surface area (Å²) in [6, 6.07) is 2.11. The second-order valence-electron chi connectivity index (χ2n) is 7.77. The van der Waals surface area contributed by atoms with Crippen LogP contribution in [0.2, 0.25) is 0 Å². The van der Waals surface area contributed by atoms with Crippen molar-refractivity contribution in [2.24, 2.45) is 11.8 Å². The molecular weight excluding hydrogens is 328 g/mol. The number of nitriles is 1. The van der Waals surface area contributed by atoms with Crippen molar-refractivity contribution in [3.8, 4) is 6.07 Å². The number of hydrogen-bond acceptors (Lipinski definition) is 6. The molecule has 2 aliphatic carbocycles.